The summed E-state index contributed by atoms with van der Waals surface area (Å²) >= 11 is 3.36. The van der Waals surface area contributed by atoms with E-state index in [-0.39, 0.29) is 5.91 Å². The molecule has 2 rings (SSSR count). The fraction of sp³-hybridized carbons (Fsp3) is 0.364. The van der Waals surface area contributed by atoms with Crippen LogP contribution in [0.15, 0.2) is 28.7 Å². The highest BCUT2D eigenvalue weighted by Gasteiger charge is 2.45. The lowest BCUT2D eigenvalue weighted by molar-refractivity contribution is -0.123. The number of rotatable bonds is 3. The van der Waals surface area contributed by atoms with Gasteiger partial charge in [-0.05, 0) is 30.5 Å². The third-order valence-electron chi connectivity index (χ3n) is 2.61. The van der Waals surface area contributed by atoms with Gasteiger partial charge in [0, 0.05) is 11.0 Å². The summed E-state index contributed by atoms with van der Waals surface area (Å²) in [7, 11) is 0. The predicted octanol–water partition coefficient (Wildman–Crippen LogP) is 1.56. The summed E-state index contributed by atoms with van der Waals surface area (Å²) in [6.45, 7) is 0.547. The van der Waals surface area contributed by atoms with Crippen LogP contribution >= 0.6 is 15.9 Å². The number of halogens is 1. The molecule has 0 heterocycles. The second kappa shape index (κ2) is 3.94. The fourth-order valence-electron chi connectivity index (χ4n) is 1.32. The van der Waals surface area contributed by atoms with Crippen molar-refractivity contribution in [2.45, 2.75) is 24.9 Å². The molecule has 0 bridgehead atoms. The molecule has 15 heavy (non-hydrogen) atoms. The Bertz CT molecular complexity index is 371. The molecule has 80 valence electrons. The van der Waals surface area contributed by atoms with Crippen LogP contribution in [0.25, 0.3) is 0 Å². The fourth-order valence-corrected chi connectivity index (χ4v) is 1.59. The highest BCUT2D eigenvalue weighted by Crippen LogP contribution is 2.32. The number of carbonyl (C=O) groups excluding carboxylic acids is 1. The van der Waals surface area contributed by atoms with Gasteiger partial charge in [-0.25, -0.2) is 0 Å². The molecule has 1 fully saturated rings. The van der Waals surface area contributed by atoms with Crippen molar-refractivity contribution in [3.05, 3.63) is 34.3 Å². The van der Waals surface area contributed by atoms with Crippen molar-refractivity contribution < 1.29 is 4.79 Å². The summed E-state index contributed by atoms with van der Waals surface area (Å²) in [5, 5.41) is 2.84. The third kappa shape index (κ3) is 2.58. The highest BCUT2D eigenvalue weighted by molar-refractivity contribution is 9.10. The Hall–Kier alpha value is -0.870. The van der Waals surface area contributed by atoms with Crippen LogP contribution in [0.4, 0.5) is 0 Å². The van der Waals surface area contributed by atoms with E-state index >= 15 is 0 Å². The monoisotopic (exact) mass is 268 g/mol. The molecule has 0 radical (unpaired) electrons. The van der Waals surface area contributed by atoms with Crippen LogP contribution in [0, 0.1) is 0 Å². The van der Waals surface area contributed by atoms with E-state index in [1.54, 1.807) is 0 Å². The maximum absolute atomic E-state index is 11.5. The Labute approximate surface area is 97.2 Å². The zero-order chi connectivity index (χ0) is 10.9. The minimum absolute atomic E-state index is 0.0366. The number of nitrogens with one attached hydrogen (secondary N) is 1. The molecule has 1 aliphatic carbocycles. The third-order valence-corrected chi connectivity index (χ3v) is 3.14. The van der Waals surface area contributed by atoms with E-state index < -0.39 is 5.54 Å². The van der Waals surface area contributed by atoms with Gasteiger partial charge in [-0.3, -0.25) is 4.79 Å². The average molecular weight is 269 g/mol. The van der Waals surface area contributed by atoms with Gasteiger partial charge in [-0.1, -0.05) is 28.1 Å². The smallest absolute Gasteiger partial charge is 0.240 e. The van der Waals surface area contributed by atoms with Crippen molar-refractivity contribution in [1.29, 1.82) is 0 Å². The van der Waals surface area contributed by atoms with Gasteiger partial charge >= 0.3 is 0 Å². The van der Waals surface area contributed by atoms with Crippen LogP contribution < -0.4 is 11.1 Å². The first kappa shape index (κ1) is 10.6. The van der Waals surface area contributed by atoms with Crippen molar-refractivity contribution in [3.63, 3.8) is 0 Å². The Morgan fingerprint density at radius 3 is 2.53 bits per heavy atom. The zero-order valence-electron chi connectivity index (χ0n) is 8.29. The van der Waals surface area contributed by atoms with E-state index in [9.17, 15) is 4.79 Å². The summed E-state index contributed by atoms with van der Waals surface area (Å²) in [5.74, 6) is -0.0366. The minimum atomic E-state index is -0.574. The van der Waals surface area contributed by atoms with Gasteiger partial charge in [0.05, 0.1) is 5.54 Å². The first-order valence-corrected chi connectivity index (χ1v) is 5.71. The van der Waals surface area contributed by atoms with Crippen LogP contribution in [0.3, 0.4) is 0 Å². The Balaban J connectivity index is 1.88. The molecule has 1 amide bonds. The second-order valence-corrected chi connectivity index (χ2v) is 4.88. The van der Waals surface area contributed by atoms with Crippen LogP contribution in [0.2, 0.25) is 0 Å². The number of benzene rings is 1. The quantitative estimate of drug-likeness (QED) is 0.874. The molecule has 0 saturated heterocycles. The number of hydrogen-bond acceptors (Lipinski definition) is 2. The summed E-state index contributed by atoms with van der Waals surface area (Å²) < 4.78 is 1.04. The maximum Gasteiger partial charge on any atom is 0.240 e. The first-order valence-electron chi connectivity index (χ1n) is 4.92. The molecule has 0 aliphatic heterocycles. The molecule has 4 heteroatoms. The van der Waals surface area contributed by atoms with Crippen molar-refractivity contribution in [2.24, 2.45) is 5.73 Å². The van der Waals surface area contributed by atoms with Crippen LogP contribution in [-0.2, 0) is 11.3 Å². The number of amides is 1. The van der Waals surface area contributed by atoms with Gasteiger partial charge in [0.25, 0.3) is 0 Å². The molecule has 1 aromatic carbocycles. The normalized spacial score (nSPS) is 17.2. The predicted molar refractivity (Wildman–Crippen MR) is 62.1 cm³/mol. The summed E-state index contributed by atoms with van der Waals surface area (Å²) in [5.41, 5.74) is 6.26. The lowest BCUT2D eigenvalue weighted by atomic mass is 10.2. The van der Waals surface area contributed by atoms with Crippen LogP contribution in [-0.4, -0.2) is 11.4 Å². The number of hydrogen-bond donors (Lipinski definition) is 2. The van der Waals surface area contributed by atoms with Gasteiger partial charge in [-0.15, -0.1) is 0 Å². The number of nitrogens with two attached hydrogens (primary N) is 1. The number of carbonyl (C=O) groups is 1. The summed E-state index contributed by atoms with van der Waals surface area (Å²) in [4.78, 5) is 11.5. The van der Waals surface area contributed by atoms with Gasteiger partial charge in [0.1, 0.15) is 0 Å². The zero-order valence-corrected chi connectivity index (χ0v) is 9.88. The molecule has 1 aliphatic rings. The molecule has 3 nitrogen and oxygen atoms in total. The van der Waals surface area contributed by atoms with E-state index in [4.69, 9.17) is 5.73 Å². The van der Waals surface area contributed by atoms with Crippen molar-refractivity contribution in [3.8, 4) is 0 Å². The van der Waals surface area contributed by atoms with Gasteiger partial charge in [-0.2, -0.15) is 0 Å². The highest BCUT2D eigenvalue weighted by atomic mass is 79.9. The van der Waals surface area contributed by atoms with E-state index in [1.165, 1.54) is 0 Å². The van der Waals surface area contributed by atoms with E-state index in [1.807, 2.05) is 24.3 Å². The molecular formula is C11H13BrN2O. The lowest BCUT2D eigenvalue weighted by Crippen LogP contribution is -2.42. The average Bonchev–Trinajstić information content (AvgIpc) is 2.97. The van der Waals surface area contributed by atoms with Crippen molar-refractivity contribution in [2.75, 3.05) is 0 Å². The molecule has 0 atom stereocenters. The van der Waals surface area contributed by atoms with E-state index in [0.717, 1.165) is 22.9 Å². The van der Waals surface area contributed by atoms with Gasteiger partial charge < -0.3 is 11.1 Å². The maximum atomic E-state index is 11.5. The van der Waals surface area contributed by atoms with E-state index in [0.29, 0.717) is 6.54 Å². The Morgan fingerprint density at radius 2 is 2.00 bits per heavy atom. The van der Waals surface area contributed by atoms with E-state index in [2.05, 4.69) is 21.2 Å². The standard InChI is InChI=1S/C11H13BrN2O/c12-9-3-1-8(2-4-9)7-14-10(15)11(13)5-6-11/h1-4H,5-7,13H2,(H,14,15). The SMILES string of the molecule is NC1(C(=O)NCc2ccc(Br)cc2)CC1. The topological polar surface area (TPSA) is 55.1 Å². The molecule has 1 saturated carbocycles. The van der Waals surface area contributed by atoms with Crippen LogP contribution in [0.1, 0.15) is 18.4 Å². The van der Waals surface area contributed by atoms with Gasteiger partial charge in [0.2, 0.25) is 5.91 Å². The lowest BCUT2D eigenvalue weighted by Gasteiger charge is -2.09. The first-order chi connectivity index (χ1) is 7.10. The Morgan fingerprint density at radius 1 is 1.40 bits per heavy atom. The Kier molecular flexibility index (Phi) is 2.80. The minimum Gasteiger partial charge on any atom is -0.350 e. The molecule has 0 aromatic heterocycles. The largest absolute Gasteiger partial charge is 0.350 e. The summed E-state index contributed by atoms with van der Waals surface area (Å²) in [6, 6.07) is 7.86. The molecule has 0 spiro atoms. The molecule has 1 aromatic rings. The molecule has 0 unspecified atom stereocenters. The summed E-state index contributed by atoms with van der Waals surface area (Å²) in [6.07, 6.45) is 1.61. The van der Waals surface area contributed by atoms with Crippen molar-refractivity contribution >= 4 is 21.8 Å². The van der Waals surface area contributed by atoms with Crippen LogP contribution in [0.5, 0.6) is 0 Å². The van der Waals surface area contributed by atoms with Gasteiger partial charge in [0.15, 0.2) is 0 Å². The second-order valence-electron chi connectivity index (χ2n) is 3.97. The van der Waals surface area contributed by atoms with Crippen molar-refractivity contribution in [1.82, 2.24) is 5.32 Å². The molecular weight excluding hydrogens is 256 g/mol. The molecule has 3 N–H and O–H groups in total.